The molecule has 4 heteroatoms. The van der Waals surface area contributed by atoms with Crippen LogP contribution in [0.15, 0.2) is 18.2 Å². The van der Waals surface area contributed by atoms with E-state index in [2.05, 4.69) is 17.1 Å². The van der Waals surface area contributed by atoms with E-state index in [-0.39, 0.29) is 5.56 Å². The van der Waals surface area contributed by atoms with E-state index in [1.165, 1.54) is 38.1 Å². The molecule has 0 radical (unpaired) electrons. The van der Waals surface area contributed by atoms with Gasteiger partial charge >= 0.3 is 0 Å². The van der Waals surface area contributed by atoms with Gasteiger partial charge in [-0.1, -0.05) is 6.92 Å². The molecule has 0 saturated carbocycles. The largest absolute Gasteiger partial charge is 0.385 e. The van der Waals surface area contributed by atoms with Gasteiger partial charge in [0.05, 0.1) is 5.56 Å². The number of halogens is 1. The summed E-state index contributed by atoms with van der Waals surface area (Å²) in [5.41, 5.74) is 0.834. The molecule has 1 aliphatic rings. The minimum atomic E-state index is -0.459. The third kappa shape index (κ3) is 3.93. The van der Waals surface area contributed by atoms with Crippen LogP contribution < -0.4 is 5.32 Å². The molecule has 1 heterocycles. The first-order valence-electron chi connectivity index (χ1n) is 6.85. The van der Waals surface area contributed by atoms with Crippen LogP contribution in [0, 0.1) is 23.1 Å². The van der Waals surface area contributed by atoms with Crippen LogP contribution in [0.2, 0.25) is 0 Å². The van der Waals surface area contributed by atoms with E-state index in [0.717, 1.165) is 18.8 Å². The van der Waals surface area contributed by atoms with Crippen LogP contribution in [0.4, 0.5) is 10.1 Å². The maximum atomic E-state index is 13.4. The Labute approximate surface area is 114 Å². The van der Waals surface area contributed by atoms with Crippen molar-refractivity contribution in [3.8, 4) is 6.07 Å². The number of anilines is 1. The molecule has 1 aromatic carbocycles. The first kappa shape index (κ1) is 13.8. The Morgan fingerprint density at radius 3 is 2.79 bits per heavy atom. The van der Waals surface area contributed by atoms with Gasteiger partial charge in [0.1, 0.15) is 11.9 Å². The third-order valence-corrected chi connectivity index (χ3v) is 3.51. The second-order valence-corrected chi connectivity index (χ2v) is 5.30. The molecule has 0 bridgehead atoms. The summed E-state index contributed by atoms with van der Waals surface area (Å²) in [6.45, 7) is 6.52. The molecule has 102 valence electrons. The van der Waals surface area contributed by atoms with Crippen molar-refractivity contribution in [2.45, 2.75) is 19.8 Å². The standard InChI is InChI=1S/C15H20FN3/c1-12(11-19-6-2-3-7-19)10-18-14-5-4-13(9-17)15(16)8-14/h4-5,8,12,18H,2-3,6-7,10-11H2,1H3. The van der Waals surface area contributed by atoms with Gasteiger partial charge in [0, 0.05) is 18.8 Å². The summed E-state index contributed by atoms with van der Waals surface area (Å²) in [5.74, 6) is 0.0662. The van der Waals surface area contributed by atoms with Gasteiger partial charge in [0.25, 0.3) is 0 Å². The number of likely N-dealkylation sites (tertiary alicyclic amines) is 1. The van der Waals surface area contributed by atoms with Gasteiger partial charge in [-0.05, 0) is 50.0 Å². The van der Waals surface area contributed by atoms with Crippen molar-refractivity contribution in [1.29, 1.82) is 5.26 Å². The number of hydrogen-bond donors (Lipinski definition) is 1. The molecule has 1 atom stereocenters. The predicted molar refractivity (Wildman–Crippen MR) is 74.4 cm³/mol. The molecule has 3 nitrogen and oxygen atoms in total. The Morgan fingerprint density at radius 1 is 1.42 bits per heavy atom. The predicted octanol–water partition coefficient (Wildman–Crippen LogP) is 2.84. The zero-order valence-electron chi connectivity index (χ0n) is 11.3. The number of nitrogens with one attached hydrogen (secondary N) is 1. The van der Waals surface area contributed by atoms with Crippen molar-refractivity contribution in [1.82, 2.24) is 4.90 Å². The second kappa shape index (κ2) is 6.53. The highest BCUT2D eigenvalue weighted by atomic mass is 19.1. The molecule has 0 aliphatic carbocycles. The zero-order chi connectivity index (χ0) is 13.7. The first-order valence-corrected chi connectivity index (χ1v) is 6.85. The molecule has 1 aromatic rings. The SMILES string of the molecule is CC(CNc1ccc(C#N)c(F)c1)CN1CCCC1. The van der Waals surface area contributed by atoms with E-state index in [4.69, 9.17) is 5.26 Å². The van der Waals surface area contributed by atoms with E-state index in [0.29, 0.717) is 5.92 Å². The highest BCUT2D eigenvalue weighted by Gasteiger charge is 2.14. The Bertz CT molecular complexity index is 461. The van der Waals surface area contributed by atoms with Crippen molar-refractivity contribution in [3.63, 3.8) is 0 Å². The molecule has 1 unspecified atom stereocenters. The Balaban J connectivity index is 1.81. The Kier molecular flexibility index (Phi) is 4.75. The smallest absolute Gasteiger partial charge is 0.143 e. The summed E-state index contributed by atoms with van der Waals surface area (Å²) in [7, 11) is 0. The lowest BCUT2D eigenvalue weighted by Crippen LogP contribution is -2.28. The lowest BCUT2D eigenvalue weighted by Gasteiger charge is -2.20. The third-order valence-electron chi connectivity index (χ3n) is 3.51. The van der Waals surface area contributed by atoms with Gasteiger partial charge in [-0.15, -0.1) is 0 Å². The molecular weight excluding hydrogens is 241 g/mol. The van der Waals surface area contributed by atoms with Crippen molar-refractivity contribution in [2.24, 2.45) is 5.92 Å². The number of hydrogen-bond acceptors (Lipinski definition) is 3. The summed E-state index contributed by atoms with van der Waals surface area (Å²) in [6.07, 6.45) is 2.61. The normalized spacial score (nSPS) is 17.1. The van der Waals surface area contributed by atoms with Gasteiger partial charge in [-0.25, -0.2) is 4.39 Å². The minimum absolute atomic E-state index is 0.0932. The fourth-order valence-corrected chi connectivity index (χ4v) is 2.48. The van der Waals surface area contributed by atoms with Crippen molar-refractivity contribution < 1.29 is 4.39 Å². The van der Waals surface area contributed by atoms with Crippen molar-refractivity contribution >= 4 is 5.69 Å². The van der Waals surface area contributed by atoms with Gasteiger partial charge in [0.15, 0.2) is 0 Å². The molecule has 1 N–H and O–H groups in total. The second-order valence-electron chi connectivity index (χ2n) is 5.30. The molecule has 1 saturated heterocycles. The first-order chi connectivity index (χ1) is 9.19. The fourth-order valence-electron chi connectivity index (χ4n) is 2.48. The molecule has 1 fully saturated rings. The van der Waals surface area contributed by atoms with Gasteiger partial charge in [-0.3, -0.25) is 0 Å². The summed E-state index contributed by atoms with van der Waals surface area (Å²) in [5, 5.41) is 11.9. The van der Waals surface area contributed by atoms with Crippen molar-refractivity contribution in [2.75, 3.05) is 31.5 Å². The molecule has 0 amide bonds. The summed E-state index contributed by atoms with van der Waals surface area (Å²) >= 11 is 0. The van der Waals surface area contributed by atoms with Gasteiger partial charge in [-0.2, -0.15) is 5.26 Å². The Morgan fingerprint density at radius 2 is 2.16 bits per heavy atom. The van der Waals surface area contributed by atoms with Crippen LogP contribution >= 0.6 is 0 Å². The number of nitrogens with zero attached hydrogens (tertiary/aromatic N) is 2. The highest BCUT2D eigenvalue weighted by molar-refractivity contribution is 5.48. The molecule has 0 spiro atoms. The zero-order valence-corrected chi connectivity index (χ0v) is 11.3. The average molecular weight is 261 g/mol. The van der Waals surface area contributed by atoms with E-state index < -0.39 is 5.82 Å². The van der Waals surface area contributed by atoms with Crippen LogP contribution in [0.25, 0.3) is 0 Å². The summed E-state index contributed by atoms with van der Waals surface area (Å²) in [4.78, 5) is 2.48. The van der Waals surface area contributed by atoms with Crippen LogP contribution in [0.3, 0.4) is 0 Å². The summed E-state index contributed by atoms with van der Waals surface area (Å²) in [6, 6.07) is 6.49. The number of benzene rings is 1. The highest BCUT2D eigenvalue weighted by Crippen LogP contribution is 2.15. The van der Waals surface area contributed by atoms with Gasteiger partial charge in [0.2, 0.25) is 0 Å². The molecule has 2 rings (SSSR count). The van der Waals surface area contributed by atoms with Gasteiger partial charge < -0.3 is 10.2 Å². The average Bonchev–Trinajstić information content (AvgIpc) is 2.89. The quantitative estimate of drug-likeness (QED) is 0.886. The van der Waals surface area contributed by atoms with E-state index >= 15 is 0 Å². The monoisotopic (exact) mass is 261 g/mol. The Hall–Kier alpha value is -1.60. The van der Waals surface area contributed by atoms with E-state index in [9.17, 15) is 4.39 Å². The van der Waals surface area contributed by atoms with Crippen LogP contribution in [-0.2, 0) is 0 Å². The number of rotatable bonds is 5. The lowest BCUT2D eigenvalue weighted by molar-refractivity contribution is 0.294. The molecule has 0 aromatic heterocycles. The van der Waals surface area contributed by atoms with E-state index in [1.54, 1.807) is 6.07 Å². The van der Waals surface area contributed by atoms with Crippen molar-refractivity contribution in [3.05, 3.63) is 29.6 Å². The maximum Gasteiger partial charge on any atom is 0.143 e. The topological polar surface area (TPSA) is 39.1 Å². The molecular formula is C15H20FN3. The fraction of sp³-hybridized carbons (Fsp3) is 0.533. The maximum absolute atomic E-state index is 13.4. The van der Waals surface area contributed by atoms with Crippen LogP contribution in [0.5, 0.6) is 0 Å². The van der Waals surface area contributed by atoms with Crippen LogP contribution in [0.1, 0.15) is 25.3 Å². The minimum Gasteiger partial charge on any atom is -0.385 e. The summed E-state index contributed by atoms with van der Waals surface area (Å²) < 4.78 is 13.4. The van der Waals surface area contributed by atoms with Crippen LogP contribution in [-0.4, -0.2) is 31.1 Å². The number of nitriles is 1. The van der Waals surface area contributed by atoms with E-state index in [1.807, 2.05) is 6.07 Å². The molecule has 19 heavy (non-hydrogen) atoms. The molecule has 1 aliphatic heterocycles. The lowest BCUT2D eigenvalue weighted by atomic mass is 10.1.